The van der Waals surface area contributed by atoms with Gasteiger partial charge in [-0.2, -0.15) is 0 Å². The van der Waals surface area contributed by atoms with E-state index >= 15 is 0 Å². The molecule has 0 saturated heterocycles. The molecule has 0 spiro atoms. The molecular weight excluding hydrogens is 255 g/mol. The summed E-state index contributed by atoms with van der Waals surface area (Å²) in [6.45, 7) is 0. The first kappa shape index (κ1) is 13.2. The van der Waals surface area contributed by atoms with E-state index in [4.69, 9.17) is 23.2 Å². The molecular formula is C14H18Cl2O. The maximum Gasteiger partial charge on any atom is 0.0571 e. The van der Waals surface area contributed by atoms with E-state index in [1.807, 2.05) is 12.1 Å². The SMILES string of the molecule is OC(CCc1ccc(Cl)cc1Cl)C1CCCC1. The molecule has 0 radical (unpaired) electrons. The van der Waals surface area contributed by atoms with Crippen LogP contribution < -0.4 is 0 Å². The first-order valence-electron chi connectivity index (χ1n) is 6.29. The zero-order valence-electron chi connectivity index (χ0n) is 9.83. The Morgan fingerprint density at radius 1 is 1.24 bits per heavy atom. The van der Waals surface area contributed by atoms with Crippen molar-refractivity contribution in [3.63, 3.8) is 0 Å². The molecule has 94 valence electrons. The fourth-order valence-corrected chi connectivity index (χ4v) is 3.11. The number of aliphatic hydroxyl groups excluding tert-OH is 1. The zero-order chi connectivity index (χ0) is 12.3. The molecule has 0 aliphatic heterocycles. The summed E-state index contributed by atoms with van der Waals surface area (Å²) < 4.78 is 0. The van der Waals surface area contributed by atoms with E-state index < -0.39 is 0 Å². The Bertz CT molecular complexity index is 372. The molecule has 0 bridgehead atoms. The Balaban J connectivity index is 1.88. The van der Waals surface area contributed by atoms with Gasteiger partial charge in [-0.1, -0.05) is 42.1 Å². The van der Waals surface area contributed by atoms with Gasteiger partial charge in [0, 0.05) is 10.0 Å². The van der Waals surface area contributed by atoms with E-state index in [1.165, 1.54) is 25.7 Å². The molecule has 1 N–H and O–H groups in total. The quantitative estimate of drug-likeness (QED) is 0.857. The highest BCUT2D eigenvalue weighted by Gasteiger charge is 2.22. The van der Waals surface area contributed by atoms with Crippen molar-refractivity contribution in [2.24, 2.45) is 5.92 Å². The Morgan fingerprint density at radius 3 is 2.59 bits per heavy atom. The zero-order valence-corrected chi connectivity index (χ0v) is 11.3. The van der Waals surface area contributed by atoms with Crippen molar-refractivity contribution in [2.75, 3.05) is 0 Å². The van der Waals surface area contributed by atoms with Crippen molar-refractivity contribution in [2.45, 2.75) is 44.6 Å². The molecule has 1 unspecified atom stereocenters. The molecule has 1 saturated carbocycles. The van der Waals surface area contributed by atoms with Gasteiger partial charge in [0.1, 0.15) is 0 Å². The number of rotatable bonds is 4. The lowest BCUT2D eigenvalue weighted by molar-refractivity contribution is 0.102. The third-order valence-electron chi connectivity index (χ3n) is 3.67. The maximum atomic E-state index is 10.1. The molecule has 17 heavy (non-hydrogen) atoms. The van der Waals surface area contributed by atoms with Gasteiger partial charge in [-0.3, -0.25) is 0 Å². The summed E-state index contributed by atoms with van der Waals surface area (Å²) in [7, 11) is 0. The summed E-state index contributed by atoms with van der Waals surface area (Å²) in [5.74, 6) is 0.501. The van der Waals surface area contributed by atoms with Crippen molar-refractivity contribution in [1.29, 1.82) is 0 Å². The van der Waals surface area contributed by atoms with Crippen molar-refractivity contribution in [3.05, 3.63) is 33.8 Å². The lowest BCUT2D eigenvalue weighted by Crippen LogP contribution is -2.18. The summed E-state index contributed by atoms with van der Waals surface area (Å²) in [6, 6.07) is 5.57. The van der Waals surface area contributed by atoms with E-state index in [1.54, 1.807) is 6.07 Å². The standard InChI is InChI=1S/C14H18Cl2O/c15-12-7-5-10(13(16)9-12)6-8-14(17)11-3-1-2-4-11/h5,7,9,11,14,17H,1-4,6,8H2. The highest BCUT2D eigenvalue weighted by atomic mass is 35.5. The van der Waals surface area contributed by atoms with Gasteiger partial charge in [0.15, 0.2) is 0 Å². The largest absolute Gasteiger partial charge is 0.393 e. The maximum absolute atomic E-state index is 10.1. The van der Waals surface area contributed by atoms with Crippen LogP contribution >= 0.6 is 23.2 Å². The smallest absolute Gasteiger partial charge is 0.0571 e. The second kappa shape index (κ2) is 6.08. The van der Waals surface area contributed by atoms with Crippen LogP contribution in [0, 0.1) is 5.92 Å². The highest BCUT2D eigenvalue weighted by Crippen LogP contribution is 2.30. The molecule has 0 amide bonds. The first-order chi connectivity index (χ1) is 8.16. The van der Waals surface area contributed by atoms with Gasteiger partial charge in [0.25, 0.3) is 0 Å². The fourth-order valence-electron chi connectivity index (χ4n) is 2.61. The predicted molar refractivity (Wildman–Crippen MR) is 72.7 cm³/mol. The number of benzene rings is 1. The van der Waals surface area contributed by atoms with Gasteiger partial charge in [-0.25, -0.2) is 0 Å². The second-order valence-electron chi connectivity index (χ2n) is 4.89. The third kappa shape index (κ3) is 3.61. The van der Waals surface area contributed by atoms with Gasteiger partial charge >= 0.3 is 0 Å². The normalized spacial score (nSPS) is 18.5. The monoisotopic (exact) mass is 272 g/mol. The Kier molecular flexibility index (Phi) is 4.72. The third-order valence-corrected chi connectivity index (χ3v) is 4.26. The Morgan fingerprint density at radius 2 is 1.94 bits per heavy atom. The molecule has 2 rings (SSSR count). The lowest BCUT2D eigenvalue weighted by atomic mass is 9.95. The minimum atomic E-state index is -0.177. The molecule has 1 nitrogen and oxygen atoms in total. The van der Waals surface area contributed by atoms with Crippen LogP contribution in [0.1, 0.15) is 37.7 Å². The fraction of sp³-hybridized carbons (Fsp3) is 0.571. The minimum absolute atomic E-state index is 0.177. The number of hydrogen-bond donors (Lipinski definition) is 1. The second-order valence-corrected chi connectivity index (χ2v) is 5.73. The molecule has 1 aliphatic rings. The van der Waals surface area contributed by atoms with Crippen LogP contribution in [0.4, 0.5) is 0 Å². The van der Waals surface area contributed by atoms with Gasteiger partial charge in [0.05, 0.1) is 6.10 Å². The van der Waals surface area contributed by atoms with Crippen LogP contribution in [0.2, 0.25) is 10.0 Å². The van der Waals surface area contributed by atoms with Crippen molar-refractivity contribution in [3.8, 4) is 0 Å². The van der Waals surface area contributed by atoms with Crippen molar-refractivity contribution >= 4 is 23.2 Å². The summed E-state index contributed by atoms with van der Waals surface area (Å²) in [4.78, 5) is 0. The Hall–Kier alpha value is -0.240. The molecule has 1 aromatic rings. The number of aryl methyl sites for hydroxylation is 1. The van der Waals surface area contributed by atoms with Gasteiger partial charge in [-0.15, -0.1) is 0 Å². The lowest BCUT2D eigenvalue weighted by Gasteiger charge is -2.17. The molecule has 1 atom stereocenters. The van der Waals surface area contributed by atoms with Gasteiger partial charge < -0.3 is 5.11 Å². The first-order valence-corrected chi connectivity index (χ1v) is 7.04. The van der Waals surface area contributed by atoms with E-state index in [0.717, 1.165) is 18.4 Å². The molecule has 1 fully saturated rings. The van der Waals surface area contributed by atoms with Gasteiger partial charge in [0.2, 0.25) is 0 Å². The molecule has 0 aromatic heterocycles. The van der Waals surface area contributed by atoms with Crippen LogP contribution in [-0.2, 0) is 6.42 Å². The summed E-state index contributed by atoms with van der Waals surface area (Å²) in [5, 5.41) is 11.5. The Labute approximate surface area is 113 Å². The molecule has 3 heteroatoms. The topological polar surface area (TPSA) is 20.2 Å². The molecule has 1 aromatic carbocycles. The van der Waals surface area contributed by atoms with E-state index in [0.29, 0.717) is 16.0 Å². The van der Waals surface area contributed by atoms with Crippen LogP contribution in [0.25, 0.3) is 0 Å². The predicted octanol–water partition coefficient (Wildman–Crippen LogP) is 4.48. The average molecular weight is 273 g/mol. The average Bonchev–Trinajstić information content (AvgIpc) is 2.81. The van der Waals surface area contributed by atoms with E-state index in [2.05, 4.69) is 0 Å². The van der Waals surface area contributed by atoms with Crippen LogP contribution in [-0.4, -0.2) is 11.2 Å². The minimum Gasteiger partial charge on any atom is -0.393 e. The summed E-state index contributed by atoms with van der Waals surface area (Å²) in [6.07, 6.45) is 6.33. The van der Waals surface area contributed by atoms with Crippen LogP contribution in [0.3, 0.4) is 0 Å². The number of hydrogen-bond acceptors (Lipinski definition) is 1. The van der Waals surface area contributed by atoms with Crippen LogP contribution in [0.15, 0.2) is 18.2 Å². The molecule has 0 heterocycles. The van der Waals surface area contributed by atoms with Crippen LogP contribution in [0.5, 0.6) is 0 Å². The van der Waals surface area contributed by atoms with Crippen molar-refractivity contribution < 1.29 is 5.11 Å². The van der Waals surface area contributed by atoms with E-state index in [9.17, 15) is 5.11 Å². The van der Waals surface area contributed by atoms with Gasteiger partial charge in [-0.05, 0) is 49.3 Å². The molecule has 1 aliphatic carbocycles. The van der Waals surface area contributed by atoms with E-state index in [-0.39, 0.29) is 6.10 Å². The number of halogens is 2. The summed E-state index contributed by atoms with van der Waals surface area (Å²) in [5.41, 5.74) is 1.08. The number of aliphatic hydroxyl groups is 1. The van der Waals surface area contributed by atoms with Crippen molar-refractivity contribution in [1.82, 2.24) is 0 Å². The summed E-state index contributed by atoms with van der Waals surface area (Å²) >= 11 is 12.0. The highest BCUT2D eigenvalue weighted by molar-refractivity contribution is 6.35.